The standard InChI is InChI=1S/C24H18N4O4/c1-16-20(13-28(24(30)31)21-7-5-17(10-25)6-8-21)12-27-22(14-29)23(16)32-15-19-4-2-3-18(9-19)11-26/h2-9,12,14H,13,15H2,1H3,(H,30,31). The molecule has 0 aliphatic heterocycles. The number of pyridine rings is 1. The van der Waals surface area contributed by atoms with Crippen LogP contribution >= 0.6 is 0 Å². The van der Waals surface area contributed by atoms with Gasteiger partial charge in [-0.05, 0) is 60.0 Å². The zero-order valence-electron chi connectivity index (χ0n) is 17.1. The molecule has 0 saturated carbocycles. The Hall–Kier alpha value is -4.69. The summed E-state index contributed by atoms with van der Waals surface area (Å²) in [5, 5.41) is 27.7. The topological polar surface area (TPSA) is 127 Å². The number of ether oxygens (including phenoxy) is 1. The lowest BCUT2D eigenvalue weighted by molar-refractivity contribution is 0.111. The van der Waals surface area contributed by atoms with Gasteiger partial charge in [0.1, 0.15) is 12.3 Å². The van der Waals surface area contributed by atoms with Gasteiger partial charge in [0.2, 0.25) is 0 Å². The second-order valence-electron chi connectivity index (χ2n) is 6.87. The SMILES string of the molecule is Cc1c(CN(C(=O)O)c2ccc(C#N)cc2)cnc(C=O)c1OCc1cccc(C#N)c1. The summed E-state index contributed by atoms with van der Waals surface area (Å²) in [6.45, 7) is 1.81. The predicted molar refractivity (Wildman–Crippen MR) is 115 cm³/mol. The van der Waals surface area contributed by atoms with Gasteiger partial charge in [-0.2, -0.15) is 10.5 Å². The Balaban J connectivity index is 1.89. The lowest BCUT2D eigenvalue weighted by Crippen LogP contribution is -2.29. The van der Waals surface area contributed by atoms with Crippen molar-refractivity contribution in [2.24, 2.45) is 0 Å². The summed E-state index contributed by atoms with van der Waals surface area (Å²) in [5.41, 5.74) is 3.29. The molecular weight excluding hydrogens is 408 g/mol. The lowest BCUT2D eigenvalue weighted by atomic mass is 10.1. The summed E-state index contributed by atoms with van der Waals surface area (Å²) in [4.78, 5) is 28.6. The average Bonchev–Trinajstić information content (AvgIpc) is 2.82. The number of aromatic nitrogens is 1. The molecular formula is C24H18N4O4. The quantitative estimate of drug-likeness (QED) is 0.561. The Morgan fingerprint density at radius 1 is 1.16 bits per heavy atom. The van der Waals surface area contributed by atoms with Crippen molar-refractivity contribution in [3.05, 3.63) is 88.2 Å². The van der Waals surface area contributed by atoms with Crippen LogP contribution in [0.5, 0.6) is 5.75 Å². The fraction of sp³-hybridized carbons (Fsp3) is 0.125. The molecule has 0 fully saturated rings. The van der Waals surface area contributed by atoms with Crippen LogP contribution in [0.3, 0.4) is 0 Å². The highest BCUT2D eigenvalue weighted by molar-refractivity contribution is 5.86. The van der Waals surface area contributed by atoms with Gasteiger partial charge in [-0.25, -0.2) is 9.78 Å². The molecule has 0 aliphatic rings. The van der Waals surface area contributed by atoms with Gasteiger partial charge < -0.3 is 9.84 Å². The van der Waals surface area contributed by atoms with Crippen LogP contribution in [-0.4, -0.2) is 22.5 Å². The third-order valence-corrected chi connectivity index (χ3v) is 4.83. The second-order valence-corrected chi connectivity index (χ2v) is 6.87. The van der Waals surface area contributed by atoms with Crippen molar-refractivity contribution in [2.45, 2.75) is 20.1 Å². The highest BCUT2D eigenvalue weighted by Gasteiger charge is 2.20. The Kier molecular flexibility index (Phi) is 6.79. The number of carboxylic acid groups (broad SMARTS) is 1. The molecule has 0 unspecified atom stereocenters. The van der Waals surface area contributed by atoms with E-state index in [-0.39, 0.29) is 24.6 Å². The number of anilines is 1. The third kappa shape index (κ3) is 4.89. The number of rotatable bonds is 7. The molecule has 8 nitrogen and oxygen atoms in total. The molecule has 0 saturated heterocycles. The van der Waals surface area contributed by atoms with E-state index in [9.17, 15) is 14.7 Å². The number of hydrogen-bond acceptors (Lipinski definition) is 6. The first-order chi connectivity index (χ1) is 15.5. The van der Waals surface area contributed by atoms with Gasteiger partial charge in [-0.3, -0.25) is 9.69 Å². The van der Waals surface area contributed by atoms with Crippen molar-refractivity contribution in [1.82, 2.24) is 4.98 Å². The number of hydrogen-bond donors (Lipinski definition) is 1. The summed E-state index contributed by atoms with van der Waals surface area (Å²) in [6.07, 6.45) is 0.847. The second kappa shape index (κ2) is 9.88. The normalized spacial score (nSPS) is 9.97. The number of carbonyl (C=O) groups is 2. The van der Waals surface area contributed by atoms with Crippen LogP contribution in [0.25, 0.3) is 0 Å². The maximum Gasteiger partial charge on any atom is 0.412 e. The van der Waals surface area contributed by atoms with Crippen LogP contribution in [0.4, 0.5) is 10.5 Å². The molecule has 0 spiro atoms. The molecule has 2 aromatic carbocycles. The van der Waals surface area contributed by atoms with Crippen LogP contribution < -0.4 is 9.64 Å². The maximum atomic E-state index is 11.9. The van der Waals surface area contributed by atoms with Crippen LogP contribution in [0.1, 0.15) is 38.3 Å². The first kappa shape index (κ1) is 22.0. The molecule has 1 amide bonds. The summed E-state index contributed by atoms with van der Waals surface area (Å²) in [5.74, 6) is 0.255. The lowest BCUT2D eigenvalue weighted by Gasteiger charge is -2.21. The summed E-state index contributed by atoms with van der Waals surface area (Å²) in [7, 11) is 0. The van der Waals surface area contributed by atoms with E-state index < -0.39 is 6.09 Å². The van der Waals surface area contributed by atoms with Crippen molar-refractivity contribution >= 4 is 18.1 Å². The van der Waals surface area contributed by atoms with Crippen LogP contribution in [0, 0.1) is 29.6 Å². The Morgan fingerprint density at radius 2 is 1.88 bits per heavy atom. The number of aldehydes is 1. The molecule has 0 atom stereocenters. The van der Waals surface area contributed by atoms with E-state index in [1.165, 1.54) is 18.3 Å². The molecule has 0 radical (unpaired) electrons. The number of benzene rings is 2. The van der Waals surface area contributed by atoms with Crippen LogP contribution in [0.15, 0.2) is 54.7 Å². The van der Waals surface area contributed by atoms with Gasteiger partial charge in [0.05, 0.1) is 29.8 Å². The highest BCUT2D eigenvalue weighted by Crippen LogP contribution is 2.27. The summed E-state index contributed by atoms with van der Waals surface area (Å²) < 4.78 is 5.86. The number of carbonyl (C=O) groups excluding carboxylic acids is 1. The van der Waals surface area contributed by atoms with Gasteiger partial charge in [-0.1, -0.05) is 12.1 Å². The van der Waals surface area contributed by atoms with E-state index in [1.54, 1.807) is 43.3 Å². The van der Waals surface area contributed by atoms with Gasteiger partial charge >= 0.3 is 6.09 Å². The van der Waals surface area contributed by atoms with Crippen LogP contribution in [-0.2, 0) is 13.2 Å². The minimum Gasteiger partial charge on any atom is -0.486 e. The Morgan fingerprint density at radius 3 is 2.50 bits per heavy atom. The highest BCUT2D eigenvalue weighted by atomic mass is 16.5. The molecule has 158 valence electrons. The zero-order valence-corrected chi connectivity index (χ0v) is 17.1. The van der Waals surface area contributed by atoms with Crippen LogP contribution in [0.2, 0.25) is 0 Å². The van der Waals surface area contributed by atoms with Crippen molar-refractivity contribution < 1.29 is 19.4 Å². The molecule has 3 aromatic rings. The van der Waals surface area contributed by atoms with E-state index in [0.717, 1.165) is 10.5 Å². The molecule has 0 aliphatic carbocycles. The fourth-order valence-electron chi connectivity index (χ4n) is 3.11. The first-order valence-electron chi connectivity index (χ1n) is 9.53. The van der Waals surface area contributed by atoms with Crippen molar-refractivity contribution in [3.63, 3.8) is 0 Å². The molecule has 0 bridgehead atoms. The summed E-state index contributed by atoms with van der Waals surface area (Å²) >= 11 is 0. The molecule has 8 heteroatoms. The average molecular weight is 426 g/mol. The minimum atomic E-state index is -1.18. The number of amides is 1. The van der Waals surface area contributed by atoms with E-state index in [0.29, 0.717) is 34.2 Å². The van der Waals surface area contributed by atoms with Gasteiger partial charge in [0.25, 0.3) is 0 Å². The van der Waals surface area contributed by atoms with E-state index in [2.05, 4.69) is 11.1 Å². The van der Waals surface area contributed by atoms with Gasteiger partial charge in [0.15, 0.2) is 12.0 Å². The van der Waals surface area contributed by atoms with Crippen molar-refractivity contribution in [3.8, 4) is 17.9 Å². The first-order valence-corrected chi connectivity index (χ1v) is 9.53. The van der Waals surface area contributed by atoms with E-state index in [1.807, 2.05) is 6.07 Å². The van der Waals surface area contributed by atoms with E-state index in [4.69, 9.17) is 15.3 Å². The number of nitrogens with zero attached hydrogens (tertiary/aromatic N) is 4. The molecule has 1 heterocycles. The predicted octanol–water partition coefficient (Wildman–Crippen LogP) is 4.21. The third-order valence-electron chi connectivity index (χ3n) is 4.83. The maximum absolute atomic E-state index is 11.9. The monoisotopic (exact) mass is 426 g/mol. The van der Waals surface area contributed by atoms with Gasteiger partial charge in [-0.15, -0.1) is 0 Å². The largest absolute Gasteiger partial charge is 0.486 e. The number of nitriles is 2. The molecule has 3 rings (SSSR count). The smallest absolute Gasteiger partial charge is 0.412 e. The molecule has 1 N–H and O–H groups in total. The Bertz CT molecular complexity index is 1240. The zero-order chi connectivity index (χ0) is 23.1. The van der Waals surface area contributed by atoms with E-state index >= 15 is 0 Å². The molecule has 32 heavy (non-hydrogen) atoms. The fourth-order valence-corrected chi connectivity index (χ4v) is 3.11. The minimum absolute atomic E-state index is 0.0283. The van der Waals surface area contributed by atoms with Crippen molar-refractivity contribution in [1.29, 1.82) is 10.5 Å². The Labute approximate surface area is 184 Å². The molecule has 1 aromatic heterocycles. The van der Waals surface area contributed by atoms with Crippen molar-refractivity contribution in [2.75, 3.05) is 4.90 Å². The summed E-state index contributed by atoms with van der Waals surface area (Å²) in [6, 6.07) is 17.1. The van der Waals surface area contributed by atoms with Gasteiger partial charge in [0, 0.05) is 11.9 Å².